The molecule has 0 unspecified atom stereocenters. The Bertz CT molecular complexity index is 2120. The summed E-state index contributed by atoms with van der Waals surface area (Å²) in [4.78, 5) is 13.7. The zero-order chi connectivity index (χ0) is 29.3. The Morgan fingerprint density at radius 1 is 0.386 bits per heavy atom. The molecule has 208 valence electrons. The van der Waals surface area contributed by atoms with Crippen molar-refractivity contribution in [3.05, 3.63) is 164 Å². The standard InChI is InChI=1S/C39H27N5/c1-2-10-33(11-3-1)44-38-13-5-4-12-35(38)42-39(44)30-16-14-28(15-17-30)29-18-20-34(21-19-29)43-36(31-8-6-24-40-26-31)22-23-37(43)32-9-7-25-41-27-32/h1-27H. The van der Waals surface area contributed by atoms with Gasteiger partial charge in [0.15, 0.2) is 0 Å². The molecule has 8 rings (SSSR count). The fourth-order valence-electron chi connectivity index (χ4n) is 5.87. The number of imidazole rings is 1. The van der Waals surface area contributed by atoms with Crippen LogP contribution >= 0.6 is 0 Å². The lowest BCUT2D eigenvalue weighted by Crippen LogP contribution is -2.00. The number of nitrogens with zero attached hydrogens (tertiary/aromatic N) is 5. The van der Waals surface area contributed by atoms with Crippen molar-refractivity contribution >= 4 is 11.0 Å². The summed E-state index contributed by atoms with van der Waals surface area (Å²) in [5.41, 5.74) is 11.9. The van der Waals surface area contributed by atoms with E-state index in [2.05, 4.69) is 134 Å². The average molecular weight is 566 g/mol. The molecule has 0 aliphatic heterocycles. The first-order chi connectivity index (χ1) is 21.8. The highest BCUT2D eigenvalue weighted by molar-refractivity contribution is 5.84. The molecule has 0 N–H and O–H groups in total. The van der Waals surface area contributed by atoms with Gasteiger partial charge in [-0.1, -0.05) is 66.7 Å². The fourth-order valence-corrected chi connectivity index (χ4v) is 5.87. The Hall–Kier alpha value is -6.07. The molecule has 0 aliphatic rings. The molecule has 0 atom stereocenters. The van der Waals surface area contributed by atoms with Crippen LogP contribution in [0, 0.1) is 0 Å². The first kappa shape index (κ1) is 25.6. The Kier molecular flexibility index (Phi) is 6.39. The molecular formula is C39H27N5. The van der Waals surface area contributed by atoms with Crippen LogP contribution in [0.5, 0.6) is 0 Å². The lowest BCUT2D eigenvalue weighted by molar-refractivity contribution is 1.09. The van der Waals surface area contributed by atoms with Gasteiger partial charge in [0.2, 0.25) is 0 Å². The van der Waals surface area contributed by atoms with Crippen molar-refractivity contribution in [1.29, 1.82) is 0 Å². The van der Waals surface area contributed by atoms with E-state index in [4.69, 9.17) is 4.98 Å². The summed E-state index contributed by atoms with van der Waals surface area (Å²) in [6.45, 7) is 0. The molecule has 5 heteroatoms. The Morgan fingerprint density at radius 2 is 0.932 bits per heavy atom. The van der Waals surface area contributed by atoms with Crippen LogP contribution in [-0.4, -0.2) is 24.1 Å². The number of rotatable bonds is 6. The normalized spacial score (nSPS) is 11.2. The zero-order valence-electron chi connectivity index (χ0n) is 23.8. The minimum absolute atomic E-state index is 0.928. The third-order valence-corrected chi connectivity index (χ3v) is 7.97. The summed E-state index contributed by atoms with van der Waals surface area (Å²) >= 11 is 0. The summed E-state index contributed by atoms with van der Waals surface area (Å²) in [5.74, 6) is 0.928. The van der Waals surface area contributed by atoms with Crippen LogP contribution in [0.4, 0.5) is 0 Å². The Morgan fingerprint density at radius 3 is 1.55 bits per heavy atom. The van der Waals surface area contributed by atoms with Crippen molar-refractivity contribution in [3.63, 3.8) is 0 Å². The number of benzene rings is 4. The van der Waals surface area contributed by atoms with Gasteiger partial charge in [-0.25, -0.2) is 4.98 Å². The van der Waals surface area contributed by atoms with Crippen molar-refractivity contribution in [3.8, 4) is 56.4 Å². The van der Waals surface area contributed by atoms with Gasteiger partial charge in [-0.3, -0.25) is 14.5 Å². The molecule has 0 bridgehead atoms. The summed E-state index contributed by atoms with van der Waals surface area (Å²) in [5, 5.41) is 0. The smallest absolute Gasteiger partial charge is 0.145 e. The zero-order valence-corrected chi connectivity index (χ0v) is 23.8. The molecule has 44 heavy (non-hydrogen) atoms. The van der Waals surface area contributed by atoms with Gasteiger partial charge < -0.3 is 4.57 Å². The predicted octanol–water partition coefficient (Wildman–Crippen LogP) is 9.27. The van der Waals surface area contributed by atoms with Crippen LogP contribution in [0.2, 0.25) is 0 Å². The average Bonchev–Trinajstić information content (AvgIpc) is 3.73. The van der Waals surface area contributed by atoms with Crippen LogP contribution in [-0.2, 0) is 0 Å². The van der Waals surface area contributed by atoms with Gasteiger partial charge in [-0.2, -0.15) is 0 Å². The van der Waals surface area contributed by atoms with Crippen molar-refractivity contribution in [2.24, 2.45) is 0 Å². The van der Waals surface area contributed by atoms with E-state index < -0.39 is 0 Å². The SMILES string of the molecule is c1ccc(-n2c(-c3ccc(-c4ccc(-n5c(-c6cccnc6)ccc5-c5cccnc5)cc4)cc3)nc3ccccc32)cc1. The maximum absolute atomic E-state index is 5.02. The minimum atomic E-state index is 0.928. The highest BCUT2D eigenvalue weighted by atomic mass is 15.1. The summed E-state index contributed by atoms with van der Waals surface area (Å²) in [6.07, 6.45) is 7.41. The maximum atomic E-state index is 5.02. The molecule has 4 aromatic heterocycles. The number of para-hydroxylation sites is 3. The number of hydrogen-bond acceptors (Lipinski definition) is 3. The summed E-state index contributed by atoms with van der Waals surface area (Å²) < 4.78 is 4.50. The Balaban J connectivity index is 1.16. The number of aromatic nitrogens is 5. The second kappa shape index (κ2) is 11.0. The molecular weight excluding hydrogens is 538 g/mol. The van der Waals surface area contributed by atoms with Gasteiger partial charge in [0.1, 0.15) is 5.82 Å². The van der Waals surface area contributed by atoms with E-state index >= 15 is 0 Å². The first-order valence-electron chi connectivity index (χ1n) is 14.6. The van der Waals surface area contributed by atoms with Crippen LogP contribution in [0.3, 0.4) is 0 Å². The topological polar surface area (TPSA) is 48.5 Å². The van der Waals surface area contributed by atoms with Crippen molar-refractivity contribution in [1.82, 2.24) is 24.1 Å². The van der Waals surface area contributed by atoms with E-state index in [9.17, 15) is 0 Å². The van der Waals surface area contributed by atoms with Gasteiger partial charge in [0.05, 0.1) is 22.4 Å². The van der Waals surface area contributed by atoms with Crippen LogP contribution in [0.1, 0.15) is 0 Å². The van der Waals surface area contributed by atoms with Gasteiger partial charge in [-0.05, 0) is 83.9 Å². The molecule has 4 heterocycles. The van der Waals surface area contributed by atoms with Gasteiger partial charge in [0, 0.05) is 52.9 Å². The molecule has 0 fully saturated rings. The van der Waals surface area contributed by atoms with E-state index in [1.807, 2.05) is 36.7 Å². The lowest BCUT2D eigenvalue weighted by Gasteiger charge is -2.15. The predicted molar refractivity (Wildman–Crippen MR) is 178 cm³/mol. The highest BCUT2D eigenvalue weighted by Gasteiger charge is 2.16. The van der Waals surface area contributed by atoms with Crippen molar-refractivity contribution in [2.45, 2.75) is 0 Å². The molecule has 8 aromatic rings. The van der Waals surface area contributed by atoms with Crippen LogP contribution in [0.25, 0.3) is 67.4 Å². The quantitative estimate of drug-likeness (QED) is 0.202. The van der Waals surface area contributed by atoms with E-state index in [0.29, 0.717) is 0 Å². The molecule has 5 nitrogen and oxygen atoms in total. The second-order valence-corrected chi connectivity index (χ2v) is 10.6. The van der Waals surface area contributed by atoms with Gasteiger partial charge >= 0.3 is 0 Å². The summed E-state index contributed by atoms with van der Waals surface area (Å²) in [6, 6.07) is 48.5. The third-order valence-electron chi connectivity index (χ3n) is 7.97. The van der Waals surface area contributed by atoms with Crippen molar-refractivity contribution in [2.75, 3.05) is 0 Å². The molecule has 4 aromatic carbocycles. The number of pyridine rings is 2. The minimum Gasteiger partial charge on any atom is -0.309 e. The van der Waals surface area contributed by atoms with Gasteiger partial charge in [-0.15, -0.1) is 0 Å². The van der Waals surface area contributed by atoms with Crippen LogP contribution in [0.15, 0.2) is 164 Å². The van der Waals surface area contributed by atoms with E-state index in [-0.39, 0.29) is 0 Å². The van der Waals surface area contributed by atoms with Crippen molar-refractivity contribution < 1.29 is 0 Å². The van der Waals surface area contributed by atoms with E-state index in [1.54, 1.807) is 12.4 Å². The highest BCUT2D eigenvalue weighted by Crippen LogP contribution is 2.34. The molecule has 0 radical (unpaired) electrons. The molecule has 0 aliphatic carbocycles. The third kappa shape index (κ3) is 4.57. The Labute approximate surface area is 255 Å². The molecule has 0 amide bonds. The van der Waals surface area contributed by atoms with Crippen LogP contribution < -0.4 is 0 Å². The van der Waals surface area contributed by atoms with E-state index in [1.165, 1.54) is 0 Å². The lowest BCUT2D eigenvalue weighted by atomic mass is 10.0. The second-order valence-electron chi connectivity index (χ2n) is 10.6. The fraction of sp³-hybridized carbons (Fsp3) is 0. The molecule has 0 saturated heterocycles. The number of hydrogen-bond donors (Lipinski definition) is 0. The number of fused-ring (bicyclic) bond motifs is 1. The maximum Gasteiger partial charge on any atom is 0.145 e. The first-order valence-corrected chi connectivity index (χ1v) is 14.6. The largest absolute Gasteiger partial charge is 0.309 e. The molecule has 0 saturated carbocycles. The monoisotopic (exact) mass is 565 g/mol. The van der Waals surface area contributed by atoms with E-state index in [0.717, 1.165) is 67.4 Å². The molecule has 0 spiro atoms. The summed E-state index contributed by atoms with van der Waals surface area (Å²) in [7, 11) is 0. The van der Waals surface area contributed by atoms with Gasteiger partial charge in [0.25, 0.3) is 0 Å².